The Morgan fingerprint density at radius 2 is 2.24 bits per heavy atom. The molecule has 1 aromatic carbocycles. The highest BCUT2D eigenvalue weighted by molar-refractivity contribution is 6.31. The molecule has 4 heteroatoms. The van der Waals surface area contributed by atoms with Crippen LogP contribution in [0.15, 0.2) is 12.1 Å². The fourth-order valence-electron chi connectivity index (χ4n) is 2.01. The molecule has 0 spiro atoms. The van der Waals surface area contributed by atoms with Crippen molar-refractivity contribution in [1.29, 1.82) is 0 Å². The van der Waals surface area contributed by atoms with Crippen molar-refractivity contribution >= 4 is 11.6 Å². The van der Waals surface area contributed by atoms with Crippen molar-refractivity contribution in [2.75, 3.05) is 20.3 Å². The molecule has 1 aromatic rings. The molecule has 0 bridgehead atoms. The molecular formula is C13H18ClNO2. The Hall–Kier alpha value is -0.770. The maximum absolute atomic E-state index is 6.17. The third kappa shape index (κ3) is 2.73. The zero-order valence-electron chi connectivity index (χ0n) is 10.4. The number of benzene rings is 1. The van der Waals surface area contributed by atoms with E-state index in [1.165, 1.54) is 0 Å². The van der Waals surface area contributed by atoms with Crippen molar-refractivity contribution in [2.45, 2.75) is 26.0 Å². The number of aryl methyl sites for hydroxylation is 1. The normalized spacial score (nSPS) is 24.7. The number of methoxy groups -OCH3 is 1. The van der Waals surface area contributed by atoms with Crippen molar-refractivity contribution in [2.24, 2.45) is 0 Å². The van der Waals surface area contributed by atoms with Gasteiger partial charge in [-0.3, -0.25) is 0 Å². The smallest absolute Gasteiger partial charge is 0.124 e. The SMILES string of the molecule is COc1cc(C)c(Cl)cc1C1COC(C)CN1. The van der Waals surface area contributed by atoms with Crippen LogP contribution in [0.4, 0.5) is 0 Å². The maximum Gasteiger partial charge on any atom is 0.124 e. The van der Waals surface area contributed by atoms with Crippen LogP contribution in [0.25, 0.3) is 0 Å². The first-order valence-electron chi connectivity index (χ1n) is 5.81. The molecule has 0 radical (unpaired) electrons. The summed E-state index contributed by atoms with van der Waals surface area (Å²) in [4.78, 5) is 0. The molecule has 2 rings (SSSR count). The summed E-state index contributed by atoms with van der Waals surface area (Å²) in [6, 6.07) is 4.09. The van der Waals surface area contributed by atoms with E-state index in [1.54, 1.807) is 7.11 Å². The Morgan fingerprint density at radius 1 is 1.47 bits per heavy atom. The van der Waals surface area contributed by atoms with Gasteiger partial charge in [0.2, 0.25) is 0 Å². The van der Waals surface area contributed by atoms with Crippen LogP contribution in [0.5, 0.6) is 5.75 Å². The highest BCUT2D eigenvalue weighted by Gasteiger charge is 2.23. The number of morpholine rings is 1. The Balaban J connectivity index is 2.27. The number of ether oxygens (including phenoxy) is 2. The van der Waals surface area contributed by atoms with Gasteiger partial charge in [0.15, 0.2) is 0 Å². The maximum atomic E-state index is 6.17. The van der Waals surface area contributed by atoms with E-state index in [0.717, 1.165) is 28.4 Å². The highest BCUT2D eigenvalue weighted by atomic mass is 35.5. The van der Waals surface area contributed by atoms with Crippen LogP contribution in [-0.4, -0.2) is 26.4 Å². The summed E-state index contributed by atoms with van der Waals surface area (Å²) in [6.07, 6.45) is 0.262. The molecule has 1 N–H and O–H groups in total. The van der Waals surface area contributed by atoms with Gasteiger partial charge in [-0.2, -0.15) is 0 Å². The van der Waals surface area contributed by atoms with Gasteiger partial charge in [-0.25, -0.2) is 0 Å². The lowest BCUT2D eigenvalue weighted by Gasteiger charge is -2.29. The Labute approximate surface area is 107 Å². The number of nitrogens with one attached hydrogen (secondary N) is 1. The summed E-state index contributed by atoms with van der Waals surface area (Å²) in [5, 5.41) is 4.21. The van der Waals surface area contributed by atoms with Gasteiger partial charge in [0.1, 0.15) is 5.75 Å². The van der Waals surface area contributed by atoms with Crippen LogP contribution < -0.4 is 10.1 Å². The van der Waals surface area contributed by atoms with Crippen molar-refractivity contribution in [3.8, 4) is 5.75 Å². The van der Waals surface area contributed by atoms with Crippen LogP contribution in [0.3, 0.4) is 0 Å². The van der Waals surface area contributed by atoms with E-state index in [-0.39, 0.29) is 12.1 Å². The fraction of sp³-hybridized carbons (Fsp3) is 0.538. The molecule has 1 fully saturated rings. The first-order chi connectivity index (χ1) is 8.11. The second-order valence-electron chi connectivity index (χ2n) is 4.45. The van der Waals surface area contributed by atoms with Crippen LogP contribution >= 0.6 is 11.6 Å². The first kappa shape index (κ1) is 12.7. The van der Waals surface area contributed by atoms with Crippen molar-refractivity contribution < 1.29 is 9.47 Å². The van der Waals surface area contributed by atoms with E-state index in [1.807, 2.05) is 19.1 Å². The second kappa shape index (κ2) is 5.25. The van der Waals surface area contributed by atoms with E-state index >= 15 is 0 Å². The zero-order chi connectivity index (χ0) is 12.4. The molecule has 94 valence electrons. The summed E-state index contributed by atoms with van der Waals surface area (Å²) in [5.74, 6) is 0.863. The lowest BCUT2D eigenvalue weighted by Crippen LogP contribution is -2.39. The molecule has 0 aromatic heterocycles. The monoisotopic (exact) mass is 255 g/mol. The molecule has 17 heavy (non-hydrogen) atoms. The molecule has 2 unspecified atom stereocenters. The van der Waals surface area contributed by atoms with Gasteiger partial charge in [0, 0.05) is 17.1 Å². The van der Waals surface area contributed by atoms with Crippen LogP contribution in [0.2, 0.25) is 5.02 Å². The van der Waals surface area contributed by atoms with Gasteiger partial charge in [-0.05, 0) is 31.5 Å². The van der Waals surface area contributed by atoms with E-state index in [2.05, 4.69) is 12.2 Å². The van der Waals surface area contributed by atoms with Crippen LogP contribution in [-0.2, 0) is 4.74 Å². The van der Waals surface area contributed by atoms with E-state index in [9.17, 15) is 0 Å². The van der Waals surface area contributed by atoms with E-state index in [4.69, 9.17) is 21.1 Å². The molecule has 1 heterocycles. The topological polar surface area (TPSA) is 30.5 Å². The molecule has 1 aliphatic rings. The minimum atomic E-state index is 0.152. The number of halogens is 1. The lowest BCUT2D eigenvalue weighted by molar-refractivity contribution is 0.0144. The Morgan fingerprint density at radius 3 is 2.82 bits per heavy atom. The van der Waals surface area contributed by atoms with Crippen molar-refractivity contribution in [3.63, 3.8) is 0 Å². The van der Waals surface area contributed by atoms with Crippen LogP contribution in [0.1, 0.15) is 24.1 Å². The lowest BCUT2D eigenvalue weighted by atomic mass is 10.0. The van der Waals surface area contributed by atoms with Gasteiger partial charge in [-0.15, -0.1) is 0 Å². The third-order valence-electron chi connectivity index (χ3n) is 3.09. The van der Waals surface area contributed by atoms with Crippen molar-refractivity contribution in [1.82, 2.24) is 5.32 Å². The van der Waals surface area contributed by atoms with Crippen molar-refractivity contribution in [3.05, 3.63) is 28.3 Å². The van der Waals surface area contributed by atoms with Gasteiger partial charge in [0.05, 0.1) is 25.9 Å². The summed E-state index contributed by atoms with van der Waals surface area (Å²) >= 11 is 6.17. The molecular weight excluding hydrogens is 238 g/mol. The molecule has 0 amide bonds. The highest BCUT2D eigenvalue weighted by Crippen LogP contribution is 2.32. The number of hydrogen-bond donors (Lipinski definition) is 1. The second-order valence-corrected chi connectivity index (χ2v) is 4.86. The predicted molar refractivity (Wildman–Crippen MR) is 68.9 cm³/mol. The molecule has 0 saturated carbocycles. The minimum Gasteiger partial charge on any atom is -0.496 e. The molecule has 0 aliphatic carbocycles. The number of rotatable bonds is 2. The predicted octanol–water partition coefficient (Wildman–Crippen LogP) is 2.71. The average Bonchev–Trinajstić information content (AvgIpc) is 2.33. The summed E-state index contributed by atoms with van der Waals surface area (Å²) in [7, 11) is 1.68. The molecule has 1 saturated heterocycles. The minimum absolute atomic E-state index is 0.152. The molecule has 3 nitrogen and oxygen atoms in total. The Kier molecular flexibility index (Phi) is 3.92. The molecule has 2 atom stereocenters. The van der Waals surface area contributed by atoms with Crippen LogP contribution in [0, 0.1) is 6.92 Å². The summed E-state index contributed by atoms with van der Waals surface area (Å²) in [6.45, 7) is 5.53. The van der Waals surface area contributed by atoms with E-state index < -0.39 is 0 Å². The summed E-state index contributed by atoms with van der Waals surface area (Å²) in [5.41, 5.74) is 2.09. The van der Waals surface area contributed by atoms with Gasteiger partial charge in [0.25, 0.3) is 0 Å². The largest absolute Gasteiger partial charge is 0.496 e. The van der Waals surface area contributed by atoms with E-state index in [0.29, 0.717) is 6.61 Å². The first-order valence-corrected chi connectivity index (χ1v) is 6.18. The van der Waals surface area contributed by atoms with Gasteiger partial charge < -0.3 is 14.8 Å². The van der Waals surface area contributed by atoms with Gasteiger partial charge in [-0.1, -0.05) is 11.6 Å². The standard InChI is InChI=1S/C13H18ClNO2/c1-8-4-13(16-3)10(5-11(8)14)12-7-17-9(2)6-15-12/h4-5,9,12,15H,6-7H2,1-3H3. The quantitative estimate of drug-likeness (QED) is 0.882. The Bertz CT molecular complexity index is 401. The molecule has 1 aliphatic heterocycles. The number of hydrogen-bond acceptors (Lipinski definition) is 3. The third-order valence-corrected chi connectivity index (χ3v) is 3.49. The fourth-order valence-corrected chi connectivity index (χ4v) is 2.18. The van der Waals surface area contributed by atoms with Gasteiger partial charge >= 0.3 is 0 Å². The zero-order valence-corrected chi connectivity index (χ0v) is 11.2. The summed E-state index contributed by atoms with van der Waals surface area (Å²) < 4.78 is 11.1. The average molecular weight is 256 g/mol.